The zero-order valence-corrected chi connectivity index (χ0v) is 13.1. The summed E-state index contributed by atoms with van der Waals surface area (Å²) in [4.78, 5) is 14.4. The van der Waals surface area contributed by atoms with Crippen molar-refractivity contribution in [3.63, 3.8) is 0 Å². The quantitative estimate of drug-likeness (QED) is 0.784. The molecule has 4 nitrogen and oxygen atoms in total. The van der Waals surface area contributed by atoms with Gasteiger partial charge in [-0.1, -0.05) is 18.2 Å². The van der Waals surface area contributed by atoms with Crippen LogP contribution in [-0.4, -0.2) is 30.6 Å². The molecular formula is C18H23NO3. The monoisotopic (exact) mass is 301 g/mol. The number of fused-ring (bicyclic) bond motifs is 1. The Morgan fingerprint density at radius 2 is 2.09 bits per heavy atom. The summed E-state index contributed by atoms with van der Waals surface area (Å²) in [6.07, 6.45) is 7.18. The van der Waals surface area contributed by atoms with E-state index in [0.29, 0.717) is 32.1 Å². The van der Waals surface area contributed by atoms with Gasteiger partial charge >= 0.3 is 0 Å². The molecule has 0 bridgehead atoms. The summed E-state index contributed by atoms with van der Waals surface area (Å²) in [7, 11) is 0. The number of carbonyl (C=O) groups is 1. The van der Waals surface area contributed by atoms with Crippen LogP contribution in [0.4, 0.5) is 0 Å². The van der Waals surface area contributed by atoms with Crippen LogP contribution >= 0.6 is 0 Å². The Morgan fingerprint density at radius 3 is 2.82 bits per heavy atom. The maximum absolute atomic E-state index is 12.5. The number of benzene rings is 1. The van der Waals surface area contributed by atoms with Crippen molar-refractivity contribution in [3.05, 3.63) is 35.9 Å². The van der Waals surface area contributed by atoms with Gasteiger partial charge in [-0.3, -0.25) is 4.79 Å². The molecule has 3 rings (SSSR count). The summed E-state index contributed by atoms with van der Waals surface area (Å²) < 4.78 is 11.1. The number of amides is 1. The zero-order valence-electron chi connectivity index (χ0n) is 13.1. The lowest BCUT2D eigenvalue weighted by Crippen LogP contribution is -2.31. The fourth-order valence-electron chi connectivity index (χ4n) is 3.00. The molecule has 1 heterocycles. The molecule has 0 fully saturated rings. The number of ether oxygens (including phenoxy) is 2. The van der Waals surface area contributed by atoms with Crippen molar-refractivity contribution in [2.75, 3.05) is 19.8 Å². The summed E-state index contributed by atoms with van der Waals surface area (Å²) in [6, 6.07) is 5.93. The smallest absolute Gasteiger partial charge is 0.223 e. The van der Waals surface area contributed by atoms with Crippen LogP contribution in [-0.2, 0) is 11.3 Å². The van der Waals surface area contributed by atoms with Crippen LogP contribution in [0.2, 0.25) is 0 Å². The molecular weight excluding hydrogens is 278 g/mol. The minimum Gasteiger partial charge on any atom is -0.486 e. The SMILES string of the molecule is CCN(Cc1ccc2c(c1)OCCO2)C(=O)CC1C=CCC1. The van der Waals surface area contributed by atoms with E-state index in [4.69, 9.17) is 9.47 Å². The van der Waals surface area contributed by atoms with Crippen molar-refractivity contribution in [2.45, 2.75) is 32.7 Å². The molecule has 1 aliphatic heterocycles. The van der Waals surface area contributed by atoms with E-state index < -0.39 is 0 Å². The van der Waals surface area contributed by atoms with Gasteiger partial charge < -0.3 is 14.4 Å². The largest absolute Gasteiger partial charge is 0.486 e. The lowest BCUT2D eigenvalue weighted by atomic mass is 10.0. The van der Waals surface area contributed by atoms with Crippen LogP contribution in [0.1, 0.15) is 31.7 Å². The van der Waals surface area contributed by atoms with Gasteiger partial charge in [-0.05, 0) is 43.4 Å². The Labute approximate surface area is 131 Å². The second kappa shape index (κ2) is 6.86. The highest BCUT2D eigenvalue weighted by Gasteiger charge is 2.19. The van der Waals surface area contributed by atoms with Crippen molar-refractivity contribution in [2.24, 2.45) is 5.92 Å². The van der Waals surface area contributed by atoms with Crippen molar-refractivity contribution < 1.29 is 14.3 Å². The van der Waals surface area contributed by atoms with Crippen LogP contribution < -0.4 is 9.47 Å². The van der Waals surface area contributed by atoms with Gasteiger partial charge in [-0.2, -0.15) is 0 Å². The first-order valence-corrected chi connectivity index (χ1v) is 8.09. The van der Waals surface area contributed by atoms with E-state index in [2.05, 4.69) is 12.2 Å². The Balaban J connectivity index is 1.64. The first kappa shape index (κ1) is 14.9. The van der Waals surface area contributed by atoms with E-state index in [1.165, 1.54) is 0 Å². The number of nitrogens with zero attached hydrogens (tertiary/aromatic N) is 1. The molecule has 4 heteroatoms. The average molecular weight is 301 g/mol. The van der Waals surface area contributed by atoms with E-state index in [1.807, 2.05) is 30.0 Å². The Kier molecular flexibility index (Phi) is 4.66. The third-order valence-corrected chi connectivity index (χ3v) is 4.26. The normalized spacial score (nSPS) is 19.2. The first-order valence-electron chi connectivity index (χ1n) is 8.09. The summed E-state index contributed by atoms with van der Waals surface area (Å²) in [6.45, 7) is 4.56. The van der Waals surface area contributed by atoms with Gasteiger partial charge in [0.15, 0.2) is 11.5 Å². The number of allylic oxidation sites excluding steroid dienone is 2. The standard InChI is InChI=1S/C18H23NO3/c1-2-19(18(20)12-14-5-3-4-6-14)13-15-7-8-16-17(11-15)22-10-9-21-16/h3,5,7-8,11,14H,2,4,6,9-10,12-13H2,1H3. The Hall–Kier alpha value is -1.97. The van der Waals surface area contributed by atoms with Crippen LogP contribution in [0.15, 0.2) is 30.4 Å². The van der Waals surface area contributed by atoms with Gasteiger partial charge in [0.1, 0.15) is 13.2 Å². The first-order chi connectivity index (χ1) is 10.8. The molecule has 0 radical (unpaired) electrons. The zero-order chi connectivity index (χ0) is 15.4. The highest BCUT2D eigenvalue weighted by atomic mass is 16.6. The molecule has 0 saturated carbocycles. The highest BCUT2D eigenvalue weighted by molar-refractivity contribution is 5.76. The van der Waals surface area contributed by atoms with Crippen molar-refractivity contribution in [1.82, 2.24) is 4.90 Å². The van der Waals surface area contributed by atoms with Crippen LogP contribution in [0, 0.1) is 5.92 Å². The Morgan fingerprint density at radius 1 is 1.27 bits per heavy atom. The molecule has 1 atom stereocenters. The van der Waals surface area contributed by atoms with E-state index in [-0.39, 0.29) is 5.91 Å². The number of hydrogen-bond acceptors (Lipinski definition) is 3. The lowest BCUT2D eigenvalue weighted by Gasteiger charge is -2.24. The molecule has 1 amide bonds. The molecule has 0 saturated heterocycles. The fourth-order valence-corrected chi connectivity index (χ4v) is 3.00. The third kappa shape index (κ3) is 3.43. The minimum atomic E-state index is 0.230. The van der Waals surface area contributed by atoms with Crippen LogP contribution in [0.5, 0.6) is 11.5 Å². The molecule has 0 spiro atoms. The third-order valence-electron chi connectivity index (χ3n) is 4.26. The molecule has 1 aliphatic carbocycles. The van der Waals surface area contributed by atoms with Gasteiger partial charge in [-0.15, -0.1) is 0 Å². The molecule has 1 aromatic rings. The molecule has 2 aliphatic rings. The van der Waals surface area contributed by atoms with Gasteiger partial charge in [0.05, 0.1) is 0 Å². The van der Waals surface area contributed by atoms with Gasteiger partial charge in [0, 0.05) is 19.5 Å². The van der Waals surface area contributed by atoms with E-state index >= 15 is 0 Å². The highest BCUT2D eigenvalue weighted by Crippen LogP contribution is 2.31. The molecule has 1 unspecified atom stereocenters. The number of hydrogen-bond donors (Lipinski definition) is 0. The van der Waals surface area contributed by atoms with Gasteiger partial charge in [0.2, 0.25) is 5.91 Å². The summed E-state index contributed by atoms with van der Waals surface area (Å²) in [5, 5.41) is 0. The van der Waals surface area contributed by atoms with Gasteiger partial charge in [0.25, 0.3) is 0 Å². The fraction of sp³-hybridized carbons (Fsp3) is 0.500. The second-order valence-electron chi connectivity index (χ2n) is 5.86. The van der Waals surface area contributed by atoms with Crippen molar-refractivity contribution in [1.29, 1.82) is 0 Å². The van der Waals surface area contributed by atoms with Crippen LogP contribution in [0.3, 0.4) is 0 Å². The minimum absolute atomic E-state index is 0.230. The predicted octanol–water partition coefficient (Wildman–Crippen LogP) is 3.16. The van der Waals surface area contributed by atoms with E-state index in [0.717, 1.165) is 36.4 Å². The Bertz CT molecular complexity index is 567. The summed E-state index contributed by atoms with van der Waals surface area (Å²) >= 11 is 0. The molecule has 22 heavy (non-hydrogen) atoms. The lowest BCUT2D eigenvalue weighted by molar-refractivity contribution is -0.132. The summed E-state index contributed by atoms with van der Waals surface area (Å²) in [5.74, 6) is 2.22. The molecule has 1 aromatic carbocycles. The van der Waals surface area contributed by atoms with Gasteiger partial charge in [-0.25, -0.2) is 0 Å². The maximum atomic E-state index is 12.5. The predicted molar refractivity (Wildman–Crippen MR) is 85.0 cm³/mol. The van der Waals surface area contributed by atoms with E-state index in [1.54, 1.807) is 0 Å². The maximum Gasteiger partial charge on any atom is 0.223 e. The second-order valence-corrected chi connectivity index (χ2v) is 5.86. The molecule has 0 N–H and O–H groups in total. The average Bonchev–Trinajstić information content (AvgIpc) is 3.05. The summed E-state index contributed by atoms with van der Waals surface area (Å²) in [5.41, 5.74) is 1.08. The van der Waals surface area contributed by atoms with E-state index in [9.17, 15) is 4.79 Å². The topological polar surface area (TPSA) is 38.8 Å². The molecule has 0 aromatic heterocycles. The molecule has 118 valence electrons. The number of rotatable bonds is 5. The van der Waals surface area contributed by atoms with Crippen LogP contribution in [0.25, 0.3) is 0 Å². The van der Waals surface area contributed by atoms with Crippen molar-refractivity contribution in [3.8, 4) is 11.5 Å². The van der Waals surface area contributed by atoms with Crippen molar-refractivity contribution >= 4 is 5.91 Å². The number of carbonyl (C=O) groups excluding carboxylic acids is 1.